The number of para-hydroxylation sites is 1. The number of carbonyl (C=O) groups excluding carboxylic acids is 2. The number of nitrogens with one attached hydrogen (secondary N) is 1. The summed E-state index contributed by atoms with van der Waals surface area (Å²) >= 11 is 1.35. The lowest BCUT2D eigenvalue weighted by molar-refractivity contribution is -0.140. The summed E-state index contributed by atoms with van der Waals surface area (Å²) in [4.78, 5) is 26.4. The number of esters is 1. The van der Waals surface area contributed by atoms with Crippen LogP contribution in [0.25, 0.3) is 0 Å². The van der Waals surface area contributed by atoms with E-state index in [4.69, 9.17) is 9.47 Å². The third-order valence-corrected chi connectivity index (χ3v) is 10.3. The molecule has 0 saturated heterocycles. The predicted molar refractivity (Wildman–Crippen MR) is 151 cm³/mol. The van der Waals surface area contributed by atoms with Crippen molar-refractivity contribution in [2.24, 2.45) is 0 Å². The Kier molecular flexibility index (Phi) is 8.78. The number of hydrogen-bond acceptors (Lipinski definition) is 7. The minimum atomic E-state index is -3.81. The summed E-state index contributed by atoms with van der Waals surface area (Å²) in [5, 5.41) is 2.65. The van der Waals surface area contributed by atoms with E-state index in [2.05, 4.69) is 5.32 Å². The van der Waals surface area contributed by atoms with Crippen LogP contribution in [0.4, 0.5) is 0 Å². The first kappa shape index (κ1) is 28.8. The third-order valence-electron chi connectivity index (χ3n) is 7.07. The maximum absolute atomic E-state index is 13.7. The molecule has 0 bridgehead atoms. The average molecular weight is 571 g/mol. The molecule has 2 aromatic carbocycles. The fourth-order valence-corrected chi connectivity index (χ4v) is 7.58. The van der Waals surface area contributed by atoms with Crippen LogP contribution < -0.4 is 10.1 Å². The second-order valence-corrected chi connectivity index (χ2v) is 12.6. The van der Waals surface area contributed by atoms with Crippen LogP contribution in [0.3, 0.4) is 0 Å². The van der Waals surface area contributed by atoms with Crippen LogP contribution in [0, 0.1) is 13.8 Å². The number of fused-ring (bicyclic) bond motifs is 1. The zero-order chi connectivity index (χ0) is 28.3. The first-order chi connectivity index (χ1) is 18.6. The molecule has 2 heterocycles. The Morgan fingerprint density at radius 1 is 1.15 bits per heavy atom. The van der Waals surface area contributed by atoms with Gasteiger partial charge in [0.2, 0.25) is 10.0 Å². The Hall–Kier alpha value is -3.21. The molecule has 1 amide bonds. The van der Waals surface area contributed by atoms with Crippen molar-refractivity contribution in [1.29, 1.82) is 0 Å². The van der Waals surface area contributed by atoms with Crippen molar-refractivity contribution in [3.8, 4) is 5.75 Å². The van der Waals surface area contributed by atoms with Gasteiger partial charge in [0.1, 0.15) is 16.7 Å². The summed E-state index contributed by atoms with van der Waals surface area (Å²) < 4.78 is 40.0. The highest BCUT2D eigenvalue weighted by Crippen LogP contribution is 2.38. The van der Waals surface area contributed by atoms with Crippen LogP contribution in [-0.2, 0) is 26.1 Å². The molecule has 4 rings (SSSR count). The molecule has 10 heteroatoms. The number of sulfonamides is 1. The first-order valence-corrected chi connectivity index (χ1v) is 15.1. The lowest BCUT2D eigenvalue weighted by Gasteiger charge is -2.24. The Morgan fingerprint density at radius 2 is 1.90 bits per heavy atom. The second kappa shape index (κ2) is 11.9. The van der Waals surface area contributed by atoms with Crippen molar-refractivity contribution in [2.75, 3.05) is 20.7 Å². The molecule has 0 fully saturated rings. The molecule has 1 unspecified atom stereocenters. The quantitative estimate of drug-likeness (QED) is 0.391. The Labute approximate surface area is 234 Å². The molecule has 0 saturated carbocycles. The summed E-state index contributed by atoms with van der Waals surface area (Å²) in [6.45, 7) is 6.23. The molecule has 2 atom stereocenters. The number of methoxy groups -OCH3 is 1. The largest absolute Gasteiger partial charge is 0.488 e. The summed E-state index contributed by atoms with van der Waals surface area (Å²) in [7, 11) is -0.875. The van der Waals surface area contributed by atoms with E-state index >= 15 is 0 Å². The fraction of sp³-hybridized carbons (Fsp3) is 0.379. The van der Waals surface area contributed by atoms with E-state index in [1.807, 2.05) is 45.0 Å². The van der Waals surface area contributed by atoms with Crippen LogP contribution in [0.2, 0.25) is 0 Å². The zero-order valence-electron chi connectivity index (χ0n) is 22.8. The summed E-state index contributed by atoms with van der Waals surface area (Å²) in [5.41, 5.74) is 3.53. The van der Waals surface area contributed by atoms with Crippen molar-refractivity contribution in [3.05, 3.63) is 80.5 Å². The van der Waals surface area contributed by atoms with Gasteiger partial charge in [-0.15, -0.1) is 11.3 Å². The number of amides is 1. The van der Waals surface area contributed by atoms with E-state index in [0.717, 1.165) is 27.1 Å². The van der Waals surface area contributed by atoms with Crippen molar-refractivity contribution in [2.45, 2.75) is 57.1 Å². The highest BCUT2D eigenvalue weighted by molar-refractivity contribution is 7.89. The molecular formula is C29H34N2O6S2. The topological polar surface area (TPSA) is 102 Å². The Morgan fingerprint density at radius 3 is 2.59 bits per heavy atom. The molecule has 1 aromatic heterocycles. The maximum Gasteiger partial charge on any atom is 0.306 e. The molecule has 0 spiro atoms. The van der Waals surface area contributed by atoms with Gasteiger partial charge in [-0.1, -0.05) is 37.3 Å². The molecule has 1 aliphatic heterocycles. The van der Waals surface area contributed by atoms with Gasteiger partial charge < -0.3 is 14.8 Å². The van der Waals surface area contributed by atoms with E-state index in [0.29, 0.717) is 17.0 Å². The van der Waals surface area contributed by atoms with Crippen LogP contribution in [0.15, 0.2) is 53.4 Å². The van der Waals surface area contributed by atoms with Gasteiger partial charge in [0.25, 0.3) is 5.91 Å². The standard InChI is InChI=1S/C29H34N2O6S2/c1-6-22-17-31(39(34,35)26-10-8-7-9-24(26)37-22)16-21-14-20(12-11-18(21)2)23(15-27(32)36-5)28-19(3)13-25(38-28)29(33)30-4/h7-14,22-23H,6,15-17H2,1-5H3,(H,30,33)/t22-,23?/m1/s1. The number of thiophene rings is 1. The van der Waals surface area contributed by atoms with Crippen molar-refractivity contribution >= 4 is 33.2 Å². The van der Waals surface area contributed by atoms with Gasteiger partial charge in [-0.3, -0.25) is 9.59 Å². The number of rotatable bonds is 8. The highest BCUT2D eigenvalue weighted by atomic mass is 32.2. The number of nitrogens with zero attached hydrogens (tertiary/aromatic N) is 1. The van der Waals surface area contributed by atoms with Gasteiger partial charge in [0.05, 0.1) is 25.0 Å². The molecule has 0 radical (unpaired) electrons. The van der Waals surface area contributed by atoms with Gasteiger partial charge >= 0.3 is 5.97 Å². The van der Waals surface area contributed by atoms with E-state index < -0.39 is 10.0 Å². The van der Waals surface area contributed by atoms with Crippen molar-refractivity contribution < 1.29 is 27.5 Å². The summed E-state index contributed by atoms with van der Waals surface area (Å²) in [5.74, 6) is -0.537. The van der Waals surface area contributed by atoms with Crippen LogP contribution in [-0.4, -0.2) is 51.4 Å². The van der Waals surface area contributed by atoms with Gasteiger partial charge in [0, 0.05) is 24.4 Å². The lowest BCUT2D eigenvalue weighted by atomic mass is 9.90. The van der Waals surface area contributed by atoms with E-state index in [9.17, 15) is 18.0 Å². The molecule has 208 valence electrons. The van der Waals surface area contributed by atoms with Gasteiger partial charge in [-0.05, 0) is 60.7 Å². The second-order valence-electron chi connectivity index (χ2n) is 9.65. The fourth-order valence-electron chi connectivity index (χ4n) is 4.76. The van der Waals surface area contributed by atoms with Crippen LogP contribution in [0.5, 0.6) is 5.75 Å². The molecular weight excluding hydrogens is 536 g/mol. The predicted octanol–water partition coefficient (Wildman–Crippen LogP) is 4.78. The normalized spacial score (nSPS) is 17.4. The molecule has 3 aromatic rings. The zero-order valence-corrected chi connectivity index (χ0v) is 24.4. The smallest absolute Gasteiger partial charge is 0.306 e. The minimum absolute atomic E-state index is 0.0919. The SMILES string of the molecule is CC[C@@H]1CN(Cc2cc(C(CC(=O)OC)c3sc(C(=O)NC)cc3C)ccc2C)S(=O)(=O)c2ccccc2O1. The van der Waals surface area contributed by atoms with Gasteiger partial charge in [0.15, 0.2) is 0 Å². The third kappa shape index (κ3) is 6.03. The Bertz CT molecular complexity index is 1480. The van der Waals surface area contributed by atoms with Crippen molar-refractivity contribution in [1.82, 2.24) is 9.62 Å². The van der Waals surface area contributed by atoms with E-state index in [1.165, 1.54) is 22.8 Å². The maximum atomic E-state index is 13.7. The van der Waals surface area contributed by atoms with Gasteiger partial charge in [-0.2, -0.15) is 4.31 Å². The molecule has 1 aliphatic rings. The van der Waals surface area contributed by atoms with Gasteiger partial charge in [-0.25, -0.2) is 8.42 Å². The van der Waals surface area contributed by atoms with Crippen LogP contribution in [0.1, 0.15) is 62.5 Å². The number of carbonyl (C=O) groups is 2. The summed E-state index contributed by atoms with van der Waals surface area (Å²) in [6, 6.07) is 14.4. The lowest BCUT2D eigenvalue weighted by Crippen LogP contribution is -2.36. The van der Waals surface area contributed by atoms with Crippen LogP contribution >= 0.6 is 11.3 Å². The summed E-state index contributed by atoms with van der Waals surface area (Å²) in [6.07, 6.45) is 0.469. The van der Waals surface area contributed by atoms with E-state index in [-0.39, 0.29) is 48.3 Å². The molecule has 1 N–H and O–H groups in total. The molecule has 8 nitrogen and oxygen atoms in total. The number of aryl methyl sites for hydroxylation is 2. The number of benzene rings is 2. The Balaban J connectivity index is 1.75. The highest BCUT2D eigenvalue weighted by Gasteiger charge is 2.34. The monoisotopic (exact) mass is 570 g/mol. The number of hydrogen-bond donors (Lipinski definition) is 1. The molecule has 0 aliphatic carbocycles. The average Bonchev–Trinajstić information content (AvgIpc) is 3.27. The number of ether oxygens (including phenoxy) is 2. The first-order valence-electron chi connectivity index (χ1n) is 12.8. The van der Waals surface area contributed by atoms with Crippen molar-refractivity contribution in [3.63, 3.8) is 0 Å². The van der Waals surface area contributed by atoms with E-state index in [1.54, 1.807) is 31.3 Å². The minimum Gasteiger partial charge on any atom is -0.488 e. The molecule has 39 heavy (non-hydrogen) atoms.